The van der Waals surface area contributed by atoms with Gasteiger partial charge in [-0.3, -0.25) is 24.0 Å². The van der Waals surface area contributed by atoms with Crippen LogP contribution < -0.4 is 21.3 Å². The number of aryl methyl sites for hydroxylation is 1. The van der Waals surface area contributed by atoms with E-state index >= 15 is 0 Å². The Hall–Kier alpha value is -5.35. The zero-order valence-electron chi connectivity index (χ0n) is 33.6. The number of urea groups is 1. The summed E-state index contributed by atoms with van der Waals surface area (Å²) in [5.74, 6) is -3.97. The number of amides is 7. The lowest BCUT2D eigenvalue weighted by Crippen LogP contribution is -2.62. The van der Waals surface area contributed by atoms with Gasteiger partial charge < -0.3 is 45.5 Å². The van der Waals surface area contributed by atoms with E-state index in [4.69, 9.17) is 16.3 Å². The molecule has 2 aromatic carbocycles. The van der Waals surface area contributed by atoms with Crippen molar-refractivity contribution in [2.45, 2.75) is 102 Å². The summed E-state index contributed by atoms with van der Waals surface area (Å²) in [6, 6.07) is 5.31. The number of nitrogens with one attached hydrogen (secondary N) is 4. The second-order valence-electron chi connectivity index (χ2n) is 16.1. The van der Waals surface area contributed by atoms with Crippen LogP contribution in [-0.4, -0.2) is 119 Å². The highest BCUT2D eigenvalue weighted by Crippen LogP contribution is 2.34. The predicted octanol–water partition coefficient (Wildman–Crippen LogP) is 3.23. The Morgan fingerprint density at radius 2 is 1.85 bits per heavy atom. The number of hydrogen-bond donors (Lipinski definition) is 4. The molecule has 4 aliphatic heterocycles. The van der Waals surface area contributed by atoms with Crippen molar-refractivity contribution >= 4 is 59.1 Å². The van der Waals surface area contributed by atoms with Gasteiger partial charge in [0.25, 0.3) is 11.8 Å². The number of rotatable bonds is 7. The van der Waals surface area contributed by atoms with Crippen LogP contribution in [0.5, 0.6) is 0 Å². The molecular weight excluding hydrogens is 785 g/mol. The van der Waals surface area contributed by atoms with Crippen molar-refractivity contribution in [1.29, 1.82) is 0 Å². The van der Waals surface area contributed by atoms with Gasteiger partial charge in [0, 0.05) is 31.1 Å². The number of carbonyl (C=O) groups excluding carboxylic acids is 7. The minimum Gasteiger partial charge on any atom is -0.373 e. The number of hydrogen-bond acceptors (Lipinski definition) is 8. The minimum atomic E-state index is -1.48. The molecule has 316 valence electrons. The van der Waals surface area contributed by atoms with Crippen molar-refractivity contribution in [3.63, 3.8) is 0 Å². The van der Waals surface area contributed by atoms with Gasteiger partial charge in [0.05, 0.1) is 18.4 Å². The van der Waals surface area contributed by atoms with Gasteiger partial charge in [0.2, 0.25) is 17.7 Å². The summed E-state index contributed by atoms with van der Waals surface area (Å²) in [7, 11) is 0. The summed E-state index contributed by atoms with van der Waals surface area (Å²) in [4.78, 5) is 102. The quantitative estimate of drug-likeness (QED) is 0.306. The second kappa shape index (κ2) is 18.3. The van der Waals surface area contributed by atoms with Crippen LogP contribution in [0.4, 0.5) is 14.9 Å². The van der Waals surface area contributed by atoms with Gasteiger partial charge in [0.15, 0.2) is 0 Å². The van der Waals surface area contributed by atoms with Crippen LogP contribution in [0.25, 0.3) is 0 Å². The molecule has 3 saturated heterocycles. The van der Waals surface area contributed by atoms with Crippen molar-refractivity contribution in [3.05, 3.63) is 76.2 Å². The number of anilines is 1. The van der Waals surface area contributed by atoms with Gasteiger partial charge in [-0.25, -0.2) is 9.18 Å². The summed E-state index contributed by atoms with van der Waals surface area (Å²) in [5, 5.41) is 10.7. The average molecular weight is 836 g/mol. The lowest BCUT2D eigenvalue weighted by atomic mass is 9.94. The van der Waals surface area contributed by atoms with Crippen LogP contribution in [0.1, 0.15) is 64.0 Å². The molecule has 4 aliphatic rings. The van der Waals surface area contributed by atoms with Gasteiger partial charge in [-0.2, -0.15) is 0 Å². The second-order valence-corrected chi connectivity index (χ2v) is 16.5. The maximum Gasteiger partial charge on any atom is 0.319 e. The Kier molecular flexibility index (Phi) is 13.4. The zero-order valence-corrected chi connectivity index (χ0v) is 34.4. The average Bonchev–Trinajstić information content (AvgIpc) is 3.83. The molecule has 3 fully saturated rings. The Morgan fingerprint density at radius 1 is 1.07 bits per heavy atom. The molecule has 0 radical (unpaired) electrons. The Morgan fingerprint density at radius 3 is 2.58 bits per heavy atom. The van der Waals surface area contributed by atoms with Gasteiger partial charge in [0.1, 0.15) is 47.5 Å². The van der Waals surface area contributed by atoms with Gasteiger partial charge in [-0.15, -0.1) is 0 Å². The van der Waals surface area contributed by atoms with E-state index in [-0.39, 0.29) is 61.4 Å². The third-order valence-corrected chi connectivity index (χ3v) is 11.7. The van der Waals surface area contributed by atoms with E-state index in [1.54, 1.807) is 32.1 Å². The highest BCUT2D eigenvalue weighted by Gasteiger charge is 2.50. The molecule has 1 unspecified atom stereocenters. The number of piperidine rings is 1. The van der Waals surface area contributed by atoms with E-state index in [9.17, 15) is 38.0 Å². The van der Waals surface area contributed by atoms with Crippen LogP contribution in [-0.2, 0) is 39.9 Å². The molecule has 15 nitrogen and oxygen atoms in total. The maximum absolute atomic E-state index is 14.8. The Bertz CT molecular complexity index is 2030. The van der Waals surface area contributed by atoms with Gasteiger partial charge in [-0.05, 0) is 82.6 Å². The fourth-order valence-corrected chi connectivity index (χ4v) is 8.58. The first-order chi connectivity index (χ1) is 28.1. The first-order valence-electron chi connectivity index (χ1n) is 20.0. The van der Waals surface area contributed by atoms with Crippen molar-refractivity contribution in [2.24, 2.45) is 5.92 Å². The van der Waals surface area contributed by atoms with E-state index in [0.717, 1.165) is 11.6 Å². The molecule has 6 rings (SSSR count). The highest BCUT2D eigenvalue weighted by atomic mass is 35.5. The summed E-state index contributed by atoms with van der Waals surface area (Å²) in [5.41, 5.74) is -0.0301. The number of benzene rings is 2. The normalized spacial score (nSPS) is 27.2. The number of fused-ring (bicyclic) bond motifs is 3. The van der Waals surface area contributed by atoms with E-state index in [2.05, 4.69) is 21.3 Å². The number of ether oxygens (including phenoxy) is 1. The lowest BCUT2D eigenvalue weighted by Gasteiger charge is -2.40. The fraction of sp³-hybridized carbons (Fsp3) is 0.500. The predicted molar refractivity (Wildman–Crippen MR) is 215 cm³/mol. The maximum atomic E-state index is 14.8. The topological polar surface area (TPSA) is 187 Å². The number of nitrogens with zero attached hydrogens (tertiary/aromatic N) is 3. The molecule has 0 bridgehead atoms. The first kappa shape index (κ1) is 43.2. The fourth-order valence-electron chi connectivity index (χ4n) is 8.42. The molecule has 4 N–H and O–H groups in total. The molecule has 17 heteroatoms. The number of carbonyl (C=O) groups is 7. The number of halogens is 2. The molecule has 4 heterocycles. The van der Waals surface area contributed by atoms with Crippen molar-refractivity contribution in [2.75, 3.05) is 31.6 Å². The SMILES string of the molecule is Cc1cccc(C[C@H](NC(=O)Nc2ccc(Cl)cc2F)C(=O)N[C@@H]2C(=O)N3CCC=C3C(=O)N3CCCC[C@H]3C(=O)N[C@@H](C)C(=O)N3C[C@H](C)CC3(C=O)CO[C@H]2C)c1. The molecule has 7 atom stereocenters. The smallest absolute Gasteiger partial charge is 0.319 e. The van der Waals surface area contributed by atoms with Crippen molar-refractivity contribution in [3.8, 4) is 0 Å². The van der Waals surface area contributed by atoms with Crippen molar-refractivity contribution in [1.82, 2.24) is 30.7 Å². The van der Waals surface area contributed by atoms with E-state index in [1.165, 1.54) is 26.8 Å². The van der Waals surface area contributed by atoms with Crippen LogP contribution in [0.15, 0.2) is 54.2 Å². The molecule has 2 aromatic rings. The molecule has 7 amide bonds. The van der Waals surface area contributed by atoms with Gasteiger partial charge in [-0.1, -0.05) is 54.4 Å². The number of aldehydes is 1. The van der Waals surface area contributed by atoms with Crippen LogP contribution in [0.3, 0.4) is 0 Å². The lowest BCUT2D eigenvalue weighted by molar-refractivity contribution is -0.151. The summed E-state index contributed by atoms with van der Waals surface area (Å²) in [6.07, 6.45) is 3.29. The van der Waals surface area contributed by atoms with Crippen LogP contribution in [0.2, 0.25) is 5.02 Å². The standard InChI is InChI=1S/C42H51ClFN7O8/c1-24-9-7-10-28(17-24)18-32(47-41(58)46-31-14-13-29(43)19-30(31)44)36(53)48-35-27(4)59-23-42(22-52)20-25(2)21-51(42)38(55)26(3)45-37(54)33-11-5-6-15-49(33)39(56)34-12-8-16-50(34)40(35)57/h7,9-10,12-14,17,19,22,25-27,32-33,35H,5-6,8,11,15-16,18,20-21,23H2,1-4H3,(H,45,54)(H,48,53)(H2,46,47,58)/t25-,26+,27+,32+,33+,35+,42?/m1/s1. The third-order valence-electron chi connectivity index (χ3n) is 11.4. The monoisotopic (exact) mass is 835 g/mol. The Labute approximate surface area is 347 Å². The van der Waals surface area contributed by atoms with E-state index < -0.39 is 77.2 Å². The third kappa shape index (κ3) is 9.59. The van der Waals surface area contributed by atoms with E-state index in [0.29, 0.717) is 37.5 Å². The van der Waals surface area contributed by atoms with Crippen LogP contribution in [0, 0.1) is 18.7 Å². The summed E-state index contributed by atoms with van der Waals surface area (Å²) in [6.45, 7) is 7.04. The van der Waals surface area contributed by atoms with Gasteiger partial charge >= 0.3 is 6.03 Å². The largest absolute Gasteiger partial charge is 0.373 e. The Balaban J connectivity index is 1.35. The van der Waals surface area contributed by atoms with Crippen LogP contribution >= 0.6 is 11.6 Å². The van der Waals surface area contributed by atoms with E-state index in [1.807, 2.05) is 26.0 Å². The molecule has 0 spiro atoms. The zero-order chi connectivity index (χ0) is 42.6. The summed E-state index contributed by atoms with van der Waals surface area (Å²) < 4.78 is 21.0. The molecule has 59 heavy (non-hydrogen) atoms. The molecule has 0 saturated carbocycles. The highest BCUT2D eigenvalue weighted by molar-refractivity contribution is 6.30. The van der Waals surface area contributed by atoms with Crippen molar-refractivity contribution < 1.29 is 42.7 Å². The molecule has 0 aromatic heterocycles. The molecular formula is C42H51ClFN7O8. The summed E-state index contributed by atoms with van der Waals surface area (Å²) >= 11 is 5.89. The first-order valence-corrected chi connectivity index (χ1v) is 20.4. The minimum absolute atomic E-state index is 0.0344. The molecule has 0 aliphatic carbocycles.